The second-order valence-corrected chi connectivity index (χ2v) is 5.16. The van der Waals surface area contributed by atoms with Gasteiger partial charge in [0.2, 0.25) is 0 Å². The standard InChI is InChI=1S/C14H10ClF3N4O4/c1-26-11-3-7(2-10(12(11)23)22(24)25)5-20-21-13-9(15)4-8(6-19-13)14(16,17)18/h2-6,23H,1H3,(H,19,21)/p-1/b20-5-. The molecule has 0 saturated heterocycles. The van der Waals surface area contributed by atoms with Gasteiger partial charge in [0.25, 0.3) is 5.69 Å². The van der Waals surface area contributed by atoms with E-state index in [1.807, 2.05) is 0 Å². The molecule has 1 N–H and O–H groups in total. The van der Waals surface area contributed by atoms with Crippen LogP contribution in [0.4, 0.5) is 24.7 Å². The van der Waals surface area contributed by atoms with Crippen LogP contribution in [0.5, 0.6) is 11.5 Å². The summed E-state index contributed by atoms with van der Waals surface area (Å²) in [7, 11) is 1.17. The fourth-order valence-corrected chi connectivity index (χ4v) is 2.02. The maximum Gasteiger partial charge on any atom is 0.417 e. The first-order valence-corrected chi connectivity index (χ1v) is 7.06. The highest BCUT2D eigenvalue weighted by molar-refractivity contribution is 6.32. The second-order valence-electron chi connectivity index (χ2n) is 4.75. The normalized spacial score (nSPS) is 11.6. The number of anilines is 1. The van der Waals surface area contributed by atoms with Crippen molar-refractivity contribution in [3.05, 3.63) is 50.7 Å². The Morgan fingerprint density at radius 1 is 1.38 bits per heavy atom. The molecule has 0 spiro atoms. The molecule has 0 atom stereocenters. The number of benzene rings is 1. The third-order valence-electron chi connectivity index (χ3n) is 3.03. The number of rotatable bonds is 5. The quantitative estimate of drug-likeness (QED) is 0.477. The van der Waals surface area contributed by atoms with Crippen molar-refractivity contribution in [2.75, 3.05) is 12.5 Å². The van der Waals surface area contributed by atoms with Gasteiger partial charge in [-0.25, -0.2) is 4.98 Å². The van der Waals surface area contributed by atoms with Gasteiger partial charge in [-0.1, -0.05) is 11.6 Å². The van der Waals surface area contributed by atoms with E-state index >= 15 is 0 Å². The Labute approximate surface area is 149 Å². The predicted octanol–water partition coefficient (Wildman–Crippen LogP) is 3.19. The van der Waals surface area contributed by atoms with E-state index in [9.17, 15) is 28.4 Å². The summed E-state index contributed by atoms with van der Waals surface area (Å²) < 4.78 is 42.4. The molecule has 0 bridgehead atoms. The van der Waals surface area contributed by atoms with Gasteiger partial charge in [-0.05, 0) is 12.1 Å². The zero-order chi connectivity index (χ0) is 19.5. The topological polar surface area (TPSA) is 113 Å². The minimum atomic E-state index is -4.59. The van der Waals surface area contributed by atoms with Crippen LogP contribution in [0.1, 0.15) is 11.1 Å². The van der Waals surface area contributed by atoms with Gasteiger partial charge in [-0.3, -0.25) is 15.5 Å². The van der Waals surface area contributed by atoms with Crippen LogP contribution in [-0.4, -0.2) is 23.2 Å². The lowest BCUT2D eigenvalue weighted by atomic mass is 10.2. The number of methoxy groups -OCH3 is 1. The van der Waals surface area contributed by atoms with Crippen LogP contribution in [-0.2, 0) is 6.18 Å². The van der Waals surface area contributed by atoms with Crippen LogP contribution < -0.4 is 15.3 Å². The molecule has 0 unspecified atom stereocenters. The summed E-state index contributed by atoms with van der Waals surface area (Å²) in [6, 6.07) is 2.85. The van der Waals surface area contributed by atoms with Crippen LogP contribution in [0.25, 0.3) is 0 Å². The van der Waals surface area contributed by atoms with Crippen molar-refractivity contribution < 1.29 is 27.9 Å². The van der Waals surface area contributed by atoms with E-state index in [0.717, 1.165) is 12.3 Å². The number of nitrogens with one attached hydrogen (secondary N) is 1. The number of nitro benzene ring substituents is 1. The number of alkyl halides is 3. The molecule has 0 aliphatic rings. The van der Waals surface area contributed by atoms with Crippen molar-refractivity contribution in [1.82, 2.24) is 4.98 Å². The summed E-state index contributed by atoms with van der Waals surface area (Å²) in [5, 5.41) is 25.9. The molecule has 0 aliphatic heterocycles. The summed E-state index contributed by atoms with van der Waals surface area (Å²) in [5.41, 5.74) is 0.717. The predicted molar refractivity (Wildman–Crippen MR) is 84.6 cm³/mol. The Balaban J connectivity index is 2.24. The smallest absolute Gasteiger partial charge is 0.417 e. The van der Waals surface area contributed by atoms with Crippen LogP contribution in [0.15, 0.2) is 29.5 Å². The SMILES string of the molecule is COc1cc(/C=N\Nc2ncc(C(F)(F)F)cc2Cl)cc([N+](=O)[O-])c1[O-]. The molecule has 1 aromatic heterocycles. The van der Waals surface area contributed by atoms with Crippen LogP contribution in [0.2, 0.25) is 5.02 Å². The summed E-state index contributed by atoms with van der Waals surface area (Å²) in [6.45, 7) is 0. The molecular formula is C14H9ClF3N4O4-. The van der Waals surface area contributed by atoms with Crippen LogP contribution in [0, 0.1) is 10.1 Å². The Bertz CT molecular complexity index is 874. The molecule has 2 rings (SSSR count). The molecule has 0 amide bonds. The van der Waals surface area contributed by atoms with E-state index in [1.165, 1.54) is 13.2 Å². The van der Waals surface area contributed by atoms with Crippen molar-refractivity contribution in [2.24, 2.45) is 5.10 Å². The van der Waals surface area contributed by atoms with Gasteiger partial charge in [0, 0.05) is 23.6 Å². The highest BCUT2D eigenvalue weighted by Gasteiger charge is 2.31. The van der Waals surface area contributed by atoms with Crippen LogP contribution >= 0.6 is 11.6 Å². The van der Waals surface area contributed by atoms with Gasteiger partial charge in [-0.2, -0.15) is 18.3 Å². The van der Waals surface area contributed by atoms with E-state index in [-0.39, 0.29) is 22.2 Å². The molecule has 12 heteroatoms. The second kappa shape index (κ2) is 7.44. The van der Waals surface area contributed by atoms with Gasteiger partial charge in [0.05, 0.1) is 28.8 Å². The number of ether oxygens (including phenoxy) is 1. The lowest BCUT2D eigenvalue weighted by Gasteiger charge is -2.13. The Morgan fingerprint density at radius 3 is 2.62 bits per heavy atom. The number of pyridine rings is 1. The minimum absolute atomic E-state index is 0.142. The van der Waals surface area contributed by atoms with Crippen molar-refractivity contribution in [3.63, 3.8) is 0 Å². The maximum absolute atomic E-state index is 12.5. The number of aromatic nitrogens is 1. The van der Waals surface area contributed by atoms with E-state index < -0.39 is 28.1 Å². The number of halogens is 4. The van der Waals surface area contributed by atoms with Gasteiger partial charge >= 0.3 is 6.18 Å². The van der Waals surface area contributed by atoms with Gasteiger partial charge < -0.3 is 9.84 Å². The lowest BCUT2D eigenvalue weighted by molar-refractivity contribution is -0.398. The fraction of sp³-hybridized carbons (Fsp3) is 0.143. The summed E-state index contributed by atoms with van der Waals surface area (Å²) in [6.07, 6.45) is -2.93. The van der Waals surface area contributed by atoms with E-state index in [1.54, 1.807) is 0 Å². The molecule has 1 heterocycles. The minimum Gasteiger partial charge on any atom is -0.865 e. The van der Waals surface area contributed by atoms with E-state index in [0.29, 0.717) is 12.3 Å². The number of hydrogen-bond donors (Lipinski definition) is 1. The van der Waals surface area contributed by atoms with Crippen LogP contribution in [0.3, 0.4) is 0 Å². The molecule has 2 aromatic rings. The average Bonchev–Trinajstić information content (AvgIpc) is 2.56. The monoisotopic (exact) mass is 389 g/mol. The lowest BCUT2D eigenvalue weighted by Crippen LogP contribution is -2.06. The largest absolute Gasteiger partial charge is 0.865 e. The molecule has 0 saturated carbocycles. The maximum atomic E-state index is 12.5. The number of hydrazone groups is 1. The summed E-state index contributed by atoms with van der Waals surface area (Å²) >= 11 is 5.70. The van der Waals surface area contributed by atoms with Crippen molar-refractivity contribution in [2.45, 2.75) is 6.18 Å². The van der Waals surface area contributed by atoms with E-state index in [4.69, 9.17) is 16.3 Å². The molecule has 0 fully saturated rings. The zero-order valence-electron chi connectivity index (χ0n) is 12.9. The van der Waals surface area contributed by atoms with Crippen molar-refractivity contribution >= 4 is 29.3 Å². The highest BCUT2D eigenvalue weighted by Crippen LogP contribution is 2.34. The third kappa shape index (κ3) is 4.30. The molecular weight excluding hydrogens is 381 g/mol. The number of hydrogen-bond acceptors (Lipinski definition) is 7. The molecule has 0 radical (unpaired) electrons. The first kappa shape index (κ1) is 19.2. The first-order chi connectivity index (χ1) is 12.1. The molecule has 138 valence electrons. The Kier molecular flexibility index (Phi) is 5.50. The highest BCUT2D eigenvalue weighted by atomic mass is 35.5. The number of nitro groups is 1. The van der Waals surface area contributed by atoms with E-state index in [2.05, 4.69) is 15.5 Å². The van der Waals surface area contributed by atoms with Crippen molar-refractivity contribution in [3.8, 4) is 11.5 Å². The molecule has 8 nitrogen and oxygen atoms in total. The van der Waals surface area contributed by atoms with Gasteiger partial charge in [0.15, 0.2) is 5.82 Å². The average molecular weight is 390 g/mol. The zero-order valence-corrected chi connectivity index (χ0v) is 13.6. The van der Waals surface area contributed by atoms with Gasteiger partial charge in [-0.15, -0.1) is 0 Å². The molecule has 26 heavy (non-hydrogen) atoms. The third-order valence-corrected chi connectivity index (χ3v) is 3.31. The summed E-state index contributed by atoms with van der Waals surface area (Å²) in [5.74, 6) is -1.31. The van der Waals surface area contributed by atoms with Crippen molar-refractivity contribution in [1.29, 1.82) is 0 Å². The Hall–Kier alpha value is -3.08. The molecule has 0 aliphatic carbocycles. The van der Waals surface area contributed by atoms with Gasteiger partial charge in [0.1, 0.15) is 5.75 Å². The number of nitrogens with zero attached hydrogens (tertiary/aromatic N) is 3. The first-order valence-electron chi connectivity index (χ1n) is 6.68. The Morgan fingerprint density at radius 2 is 2.08 bits per heavy atom. The fourth-order valence-electron chi connectivity index (χ4n) is 1.81. The molecule has 1 aromatic carbocycles. The summed E-state index contributed by atoms with van der Waals surface area (Å²) in [4.78, 5) is 13.5.